The van der Waals surface area contributed by atoms with Crippen LogP contribution in [-0.4, -0.2) is 22.2 Å². The molecule has 4 nitrogen and oxygen atoms in total. The maximum Gasteiger partial charge on any atom is 0.223 e. The summed E-state index contributed by atoms with van der Waals surface area (Å²) in [5.41, 5.74) is 2.25. The number of amides is 1. The Morgan fingerprint density at radius 3 is 2.78 bits per heavy atom. The summed E-state index contributed by atoms with van der Waals surface area (Å²) in [6.07, 6.45) is 5.51. The molecule has 0 aliphatic heterocycles. The minimum absolute atomic E-state index is 0.251. The minimum Gasteiger partial charge on any atom is -0.356 e. The maximum atomic E-state index is 11.8. The van der Waals surface area contributed by atoms with E-state index in [1.165, 1.54) is 18.5 Å². The van der Waals surface area contributed by atoms with Crippen LogP contribution in [0.1, 0.15) is 43.5 Å². The van der Waals surface area contributed by atoms with Gasteiger partial charge in [0.15, 0.2) is 0 Å². The maximum absolute atomic E-state index is 11.8. The van der Waals surface area contributed by atoms with Gasteiger partial charge in [0.25, 0.3) is 0 Å². The molecule has 0 atom stereocenters. The molecule has 100 valence electrons. The van der Waals surface area contributed by atoms with E-state index in [1.54, 1.807) is 0 Å². The third-order valence-electron chi connectivity index (χ3n) is 3.68. The SMILES string of the molecule is Cc1cc(C)n(CCCNC(=O)C2CCCC2)n1. The number of hydrogen-bond acceptors (Lipinski definition) is 2. The Kier molecular flexibility index (Phi) is 4.39. The van der Waals surface area contributed by atoms with Crippen molar-refractivity contribution in [3.05, 3.63) is 17.5 Å². The predicted octanol–water partition coefficient (Wildman–Crippen LogP) is 2.20. The first-order valence-electron chi connectivity index (χ1n) is 6.95. The van der Waals surface area contributed by atoms with Crippen molar-refractivity contribution in [3.8, 4) is 0 Å². The van der Waals surface area contributed by atoms with Crippen LogP contribution in [0, 0.1) is 19.8 Å². The highest BCUT2D eigenvalue weighted by Crippen LogP contribution is 2.24. The zero-order chi connectivity index (χ0) is 13.0. The summed E-state index contributed by atoms with van der Waals surface area (Å²) < 4.78 is 2.01. The van der Waals surface area contributed by atoms with E-state index < -0.39 is 0 Å². The molecule has 0 radical (unpaired) electrons. The van der Waals surface area contributed by atoms with E-state index in [0.717, 1.165) is 38.0 Å². The van der Waals surface area contributed by atoms with E-state index in [9.17, 15) is 4.79 Å². The second-order valence-electron chi connectivity index (χ2n) is 5.28. The molecular formula is C14H23N3O. The molecule has 18 heavy (non-hydrogen) atoms. The van der Waals surface area contributed by atoms with Crippen molar-refractivity contribution in [2.24, 2.45) is 5.92 Å². The first kappa shape index (κ1) is 13.1. The first-order valence-corrected chi connectivity index (χ1v) is 6.95. The molecule has 1 aromatic heterocycles. The molecule has 1 N–H and O–H groups in total. The third-order valence-corrected chi connectivity index (χ3v) is 3.68. The van der Waals surface area contributed by atoms with Crippen molar-refractivity contribution in [3.63, 3.8) is 0 Å². The quantitative estimate of drug-likeness (QED) is 0.813. The van der Waals surface area contributed by atoms with E-state index in [1.807, 2.05) is 11.6 Å². The number of rotatable bonds is 5. The van der Waals surface area contributed by atoms with E-state index in [4.69, 9.17) is 0 Å². The van der Waals surface area contributed by atoms with Crippen LogP contribution in [0.4, 0.5) is 0 Å². The Bertz CT molecular complexity index is 405. The Morgan fingerprint density at radius 1 is 1.44 bits per heavy atom. The van der Waals surface area contributed by atoms with Crippen LogP contribution in [0.3, 0.4) is 0 Å². The van der Waals surface area contributed by atoms with Gasteiger partial charge in [0.05, 0.1) is 5.69 Å². The number of hydrogen-bond donors (Lipinski definition) is 1. The number of carbonyl (C=O) groups is 1. The van der Waals surface area contributed by atoms with Gasteiger partial charge in [-0.2, -0.15) is 5.10 Å². The average molecular weight is 249 g/mol. The monoisotopic (exact) mass is 249 g/mol. The third kappa shape index (κ3) is 3.34. The molecule has 1 aromatic rings. The Labute approximate surface area is 109 Å². The van der Waals surface area contributed by atoms with E-state index in [0.29, 0.717) is 0 Å². The molecule has 0 aromatic carbocycles. The Morgan fingerprint density at radius 2 is 2.17 bits per heavy atom. The van der Waals surface area contributed by atoms with Gasteiger partial charge in [-0.25, -0.2) is 0 Å². The summed E-state index contributed by atoms with van der Waals surface area (Å²) in [5, 5.41) is 7.45. The van der Waals surface area contributed by atoms with Crippen LogP contribution in [-0.2, 0) is 11.3 Å². The topological polar surface area (TPSA) is 46.9 Å². The average Bonchev–Trinajstić information content (AvgIpc) is 2.94. The van der Waals surface area contributed by atoms with Crippen molar-refractivity contribution >= 4 is 5.91 Å². The summed E-state index contributed by atoms with van der Waals surface area (Å²) >= 11 is 0. The van der Waals surface area contributed by atoms with Gasteiger partial charge in [-0.15, -0.1) is 0 Å². The number of carbonyl (C=O) groups excluding carboxylic acids is 1. The molecule has 1 aliphatic carbocycles. The summed E-state index contributed by atoms with van der Waals surface area (Å²) in [6, 6.07) is 2.08. The van der Waals surface area contributed by atoms with E-state index in [2.05, 4.69) is 23.4 Å². The smallest absolute Gasteiger partial charge is 0.223 e. The fraction of sp³-hybridized carbons (Fsp3) is 0.714. The summed E-state index contributed by atoms with van der Waals surface area (Å²) in [6.45, 7) is 5.71. The number of aryl methyl sites for hydroxylation is 3. The van der Waals surface area contributed by atoms with Gasteiger partial charge in [0.2, 0.25) is 5.91 Å². The molecule has 1 saturated carbocycles. The fourth-order valence-corrected chi connectivity index (χ4v) is 2.67. The van der Waals surface area contributed by atoms with Crippen molar-refractivity contribution in [2.45, 2.75) is 52.5 Å². The molecule has 1 amide bonds. The molecule has 1 fully saturated rings. The zero-order valence-corrected chi connectivity index (χ0v) is 11.4. The van der Waals surface area contributed by atoms with Crippen molar-refractivity contribution in [1.82, 2.24) is 15.1 Å². The summed E-state index contributed by atoms with van der Waals surface area (Å²) in [5.74, 6) is 0.527. The zero-order valence-electron chi connectivity index (χ0n) is 11.4. The largest absolute Gasteiger partial charge is 0.356 e. The van der Waals surface area contributed by atoms with Gasteiger partial charge in [-0.05, 0) is 39.2 Å². The lowest BCUT2D eigenvalue weighted by atomic mass is 10.1. The fourth-order valence-electron chi connectivity index (χ4n) is 2.67. The minimum atomic E-state index is 0.251. The van der Waals surface area contributed by atoms with Gasteiger partial charge in [0.1, 0.15) is 0 Å². The normalized spacial score (nSPS) is 16.1. The summed E-state index contributed by atoms with van der Waals surface area (Å²) in [4.78, 5) is 11.8. The molecule has 1 aliphatic rings. The highest BCUT2D eigenvalue weighted by molar-refractivity contribution is 5.78. The van der Waals surface area contributed by atoms with E-state index in [-0.39, 0.29) is 11.8 Å². The van der Waals surface area contributed by atoms with Crippen LogP contribution in [0.25, 0.3) is 0 Å². The molecular weight excluding hydrogens is 226 g/mol. The molecule has 1 heterocycles. The first-order chi connectivity index (χ1) is 8.66. The lowest BCUT2D eigenvalue weighted by Crippen LogP contribution is -2.30. The number of nitrogens with zero attached hydrogens (tertiary/aromatic N) is 2. The lowest BCUT2D eigenvalue weighted by Gasteiger charge is -2.10. The summed E-state index contributed by atoms with van der Waals surface area (Å²) in [7, 11) is 0. The number of aromatic nitrogens is 2. The molecule has 4 heteroatoms. The van der Waals surface area contributed by atoms with Crippen LogP contribution < -0.4 is 5.32 Å². The second kappa shape index (κ2) is 6.03. The lowest BCUT2D eigenvalue weighted by molar-refractivity contribution is -0.124. The molecule has 0 unspecified atom stereocenters. The van der Waals surface area contributed by atoms with Gasteiger partial charge < -0.3 is 5.32 Å². The van der Waals surface area contributed by atoms with Crippen molar-refractivity contribution in [1.29, 1.82) is 0 Å². The van der Waals surface area contributed by atoms with Gasteiger partial charge >= 0.3 is 0 Å². The standard InChI is InChI=1S/C14H23N3O/c1-11-10-12(2)17(16-11)9-5-8-15-14(18)13-6-3-4-7-13/h10,13H,3-9H2,1-2H3,(H,15,18). The Balaban J connectivity index is 1.66. The van der Waals surface area contributed by atoms with Crippen LogP contribution in [0.15, 0.2) is 6.07 Å². The van der Waals surface area contributed by atoms with Crippen molar-refractivity contribution in [2.75, 3.05) is 6.54 Å². The van der Waals surface area contributed by atoms with Crippen LogP contribution in [0.2, 0.25) is 0 Å². The highest BCUT2D eigenvalue weighted by Gasteiger charge is 2.21. The van der Waals surface area contributed by atoms with Gasteiger partial charge in [-0.3, -0.25) is 9.48 Å². The molecule has 0 saturated heterocycles. The van der Waals surface area contributed by atoms with Crippen LogP contribution >= 0.6 is 0 Å². The molecule has 0 spiro atoms. The van der Waals surface area contributed by atoms with Crippen LogP contribution in [0.5, 0.6) is 0 Å². The number of nitrogens with one attached hydrogen (secondary N) is 1. The molecule has 2 rings (SSSR count). The van der Waals surface area contributed by atoms with Gasteiger partial charge in [0, 0.05) is 24.7 Å². The molecule has 0 bridgehead atoms. The van der Waals surface area contributed by atoms with Crippen molar-refractivity contribution < 1.29 is 4.79 Å². The second-order valence-corrected chi connectivity index (χ2v) is 5.28. The van der Waals surface area contributed by atoms with E-state index >= 15 is 0 Å². The van der Waals surface area contributed by atoms with Gasteiger partial charge in [-0.1, -0.05) is 12.8 Å². The highest BCUT2D eigenvalue weighted by atomic mass is 16.1. The predicted molar refractivity (Wildman–Crippen MR) is 71.3 cm³/mol. The Hall–Kier alpha value is -1.32.